The molecule has 0 fully saturated rings. The Hall–Kier alpha value is -0.990. The number of unbranched alkanes of at least 4 members (excludes halogenated alkanes) is 43. The third-order valence-electron chi connectivity index (χ3n) is 13.9. The predicted octanol–water partition coefficient (Wildman–Crippen LogP) is 18.7. The van der Waals surface area contributed by atoms with Gasteiger partial charge in [-0.15, -0.1) is 0 Å². The van der Waals surface area contributed by atoms with Crippen LogP contribution in [0.2, 0.25) is 0 Å². The number of hydrogen-bond donors (Lipinski definition) is 1. The molecule has 0 heterocycles. The van der Waals surface area contributed by atoms with E-state index in [1.807, 2.05) is 21.1 Å². The number of esters is 2. The summed E-state index contributed by atoms with van der Waals surface area (Å²) in [7, 11) is 1.50. The molecule has 0 amide bonds. The second kappa shape index (κ2) is 51.9. The highest BCUT2D eigenvalue weighted by Crippen LogP contribution is 2.43. The minimum Gasteiger partial charge on any atom is -0.462 e. The molecule has 0 saturated heterocycles. The summed E-state index contributed by atoms with van der Waals surface area (Å²) in [6.07, 6.45) is 59.0. The van der Waals surface area contributed by atoms with Gasteiger partial charge in [0.2, 0.25) is 0 Å². The summed E-state index contributed by atoms with van der Waals surface area (Å²) in [5.41, 5.74) is 0. The molecule has 1 N–H and O–H groups in total. The number of quaternary nitrogens is 1. The molecule has 0 spiro atoms. The second-order valence-corrected chi connectivity index (χ2v) is 23.6. The first-order valence-electron chi connectivity index (χ1n) is 30.3. The van der Waals surface area contributed by atoms with E-state index in [2.05, 4.69) is 13.8 Å². The third kappa shape index (κ3) is 56.2. The van der Waals surface area contributed by atoms with Crippen molar-refractivity contribution in [2.24, 2.45) is 0 Å². The average molecular weight is 1000 g/mol. The number of carbonyl (C=O) groups excluding carboxylic acids is 2. The SMILES string of the molecule is CCCCCCCCCCCCCCCCCCCCCCCCCCCCCCC(=O)OC(COC(=O)CCCCCCCCCCCCCCCCCCC)COP(=O)(O)OCC[N+](C)(C)C. The summed E-state index contributed by atoms with van der Waals surface area (Å²) in [5, 5.41) is 0. The summed E-state index contributed by atoms with van der Waals surface area (Å²) in [6, 6.07) is 0. The van der Waals surface area contributed by atoms with Gasteiger partial charge in [-0.25, -0.2) is 4.57 Å². The van der Waals surface area contributed by atoms with E-state index >= 15 is 0 Å². The lowest BCUT2D eigenvalue weighted by atomic mass is 10.0. The van der Waals surface area contributed by atoms with Gasteiger partial charge >= 0.3 is 19.8 Å². The van der Waals surface area contributed by atoms with Crippen LogP contribution >= 0.6 is 7.82 Å². The third-order valence-corrected chi connectivity index (χ3v) is 14.9. The number of nitrogens with zero attached hydrogens (tertiary/aromatic N) is 1. The van der Waals surface area contributed by atoms with E-state index in [0.717, 1.165) is 38.5 Å². The van der Waals surface area contributed by atoms with Gasteiger partial charge in [0.1, 0.15) is 19.8 Å². The first-order chi connectivity index (χ1) is 33.5. The molecule has 69 heavy (non-hydrogen) atoms. The van der Waals surface area contributed by atoms with Crippen molar-refractivity contribution in [1.82, 2.24) is 0 Å². The van der Waals surface area contributed by atoms with Crippen molar-refractivity contribution in [2.45, 2.75) is 322 Å². The van der Waals surface area contributed by atoms with E-state index < -0.39 is 26.5 Å². The summed E-state index contributed by atoms with van der Waals surface area (Å²) in [6.45, 7) is 4.51. The molecule has 0 rings (SSSR count). The van der Waals surface area contributed by atoms with Gasteiger partial charge in [-0.3, -0.25) is 18.6 Å². The molecule has 2 atom stereocenters. The molecule has 0 saturated carbocycles. The molecule has 0 aromatic carbocycles. The fraction of sp³-hybridized carbons (Fsp3) is 0.966. The summed E-state index contributed by atoms with van der Waals surface area (Å²) in [5.74, 6) is -0.773. The van der Waals surface area contributed by atoms with Crippen molar-refractivity contribution in [2.75, 3.05) is 47.5 Å². The maximum Gasteiger partial charge on any atom is 0.472 e. The van der Waals surface area contributed by atoms with Gasteiger partial charge in [0.05, 0.1) is 27.7 Å². The molecule has 10 heteroatoms. The average Bonchev–Trinajstić information content (AvgIpc) is 3.31. The summed E-state index contributed by atoms with van der Waals surface area (Å²) in [4.78, 5) is 35.7. The van der Waals surface area contributed by atoms with E-state index in [4.69, 9.17) is 18.5 Å². The van der Waals surface area contributed by atoms with E-state index in [1.165, 1.54) is 250 Å². The van der Waals surface area contributed by atoms with Gasteiger partial charge in [0.25, 0.3) is 0 Å². The van der Waals surface area contributed by atoms with Gasteiger partial charge in [0.15, 0.2) is 6.10 Å². The van der Waals surface area contributed by atoms with Gasteiger partial charge in [0, 0.05) is 12.8 Å². The Morgan fingerprint density at radius 1 is 0.391 bits per heavy atom. The Kier molecular flexibility index (Phi) is 51.1. The number of hydrogen-bond acceptors (Lipinski definition) is 7. The number of ether oxygens (including phenoxy) is 2. The van der Waals surface area contributed by atoms with Gasteiger partial charge in [-0.1, -0.05) is 290 Å². The Balaban J connectivity index is 4.03. The maximum absolute atomic E-state index is 12.8. The molecule has 0 aliphatic rings. The molecule has 0 bridgehead atoms. The zero-order chi connectivity index (χ0) is 50.6. The van der Waals surface area contributed by atoms with Crippen molar-refractivity contribution >= 4 is 19.8 Å². The maximum atomic E-state index is 12.8. The van der Waals surface area contributed by atoms with Gasteiger partial charge < -0.3 is 18.9 Å². The number of phosphoric ester groups is 1. The minimum absolute atomic E-state index is 0.0374. The molecular formula is C59H119NO8P+. The van der Waals surface area contributed by atoms with Crippen LogP contribution in [0.5, 0.6) is 0 Å². The van der Waals surface area contributed by atoms with Crippen molar-refractivity contribution in [1.29, 1.82) is 0 Å². The minimum atomic E-state index is -4.38. The summed E-state index contributed by atoms with van der Waals surface area (Å²) < 4.78 is 34.6. The van der Waals surface area contributed by atoms with Crippen LogP contribution in [0.4, 0.5) is 0 Å². The molecule has 0 aromatic heterocycles. The lowest BCUT2D eigenvalue weighted by Gasteiger charge is -2.24. The smallest absolute Gasteiger partial charge is 0.462 e. The van der Waals surface area contributed by atoms with Crippen LogP contribution < -0.4 is 0 Å². The van der Waals surface area contributed by atoms with E-state index in [1.54, 1.807) is 0 Å². The Morgan fingerprint density at radius 3 is 0.928 bits per heavy atom. The fourth-order valence-corrected chi connectivity index (χ4v) is 9.94. The fourth-order valence-electron chi connectivity index (χ4n) is 9.20. The van der Waals surface area contributed by atoms with Crippen molar-refractivity contribution in [3.05, 3.63) is 0 Å². The summed E-state index contributed by atoms with van der Waals surface area (Å²) >= 11 is 0. The Bertz CT molecular complexity index is 1130. The Labute approximate surface area is 429 Å². The zero-order valence-corrected chi connectivity index (χ0v) is 47.7. The van der Waals surface area contributed by atoms with Crippen LogP contribution in [0, 0.1) is 0 Å². The van der Waals surface area contributed by atoms with Crippen molar-refractivity contribution in [3.63, 3.8) is 0 Å². The highest BCUT2D eigenvalue weighted by atomic mass is 31.2. The molecule has 412 valence electrons. The largest absolute Gasteiger partial charge is 0.472 e. The number of rotatable bonds is 57. The van der Waals surface area contributed by atoms with Crippen LogP contribution in [-0.4, -0.2) is 74.9 Å². The number of likely N-dealkylation sites (N-methyl/N-ethyl adjacent to an activating group) is 1. The number of carbonyl (C=O) groups is 2. The molecule has 0 radical (unpaired) electrons. The topological polar surface area (TPSA) is 108 Å². The first-order valence-corrected chi connectivity index (χ1v) is 31.8. The van der Waals surface area contributed by atoms with Crippen LogP contribution in [0.1, 0.15) is 316 Å². The quantitative estimate of drug-likeness (QED) is 0.0278. The van der Waals surface area contributed by atoms with E-state index in [0.29, 0.717) is 17.4 Å². The number of phosphoric acid groups is 1. The normalized spacial score (nSPS) is 13.2. The standard InChI is InChI=1S/C59H118NO8P/c1-6-8-10-12-14-16-18-20-22-24-25-26-27-28-29-30-31-32-33-34-36-38-40-42-44-46-48-50-52-59(62)68-57(56-67-69(63,64)66-54-53-60(3,4)5)55-65-58(61)51-49-47-45-43-41-39-37-35-23-21-19-17-15-13-11-9-7-2/h57H,6-56H2,1-5H3/p+1. The molecule has 2 unspecified atom stereocenters. The monoisotopic (exact) mass is 1000 g/mol. The van der Waals surface area contributed by atoms with E-state index in [-0.39, 0.29) is 25.6 Å². The lowest BCUT2D eigenvalue weighted by Crippen LogP contribution is -2.37. The zero-order valence-electron chi connectivity index (χ0n) is 46.8. The highest BCUT2D eigenvalue weighted by Gasteiger charge is 2.27. The van der Waals surface area contributed by atoms with Crippen LogP contribution in [-0.2, 0) is 32.7 Å². The Morgan fingerprint density at radius 2 is 0.652 bits per heavy atom. The molecule has 0 aliphatic heterocycles. The lowest BCUT2D eigenvalue weighted by molar-refractivity contribution is -0.870. The second-order valence-electron chi connectivity index (χ2n) is 22.1. The van der Waals surface area contributed by atoms with Crippen LogP contribution in [0.3, 0.4) is 0 Å². The van der Waals surface area contributed by atoms with Crippen molar-refractivity contribution in [3.8, 4) is 0 Å². The van der Waals surface area contributed by atoms with Gasteiger partial charge in [-0.2, -0.15) is 0 Å². The molecule has 0 aromatic rings. The molecule has 0 aliphatic carbocycles. The highest BCUT2D eigenvalue weighted by molar-refractivity contribution is 7.47. The predicted molar refractivity (Wildman–Crippen MR) is 294 cm³/mol. The van der Waals surface area contributed by atoms with Crippen LogP contribution in [0.25, 0.3) is 0 Å². The molecule has 9 nitrogen and oxygen atoms in total. The molecular weight excluding hydrogens is 882 g/mol. The van der Waals surface area contributed by atoms with Gasteiger partial charge in [-0.05, 0) is 12.8 Å². The van der Waals surface area contributed by atoms with Crippen LogP contribution in [0.15, 0.2) is 0 Å². The van der Waals surface area contributed by atoms with Crippen molar-refractivity contribution < 1.29 is 42.1 Å². The first kappa shape index (κ1) is 68.0. The van der Waals surface area contributed by atoms with E-state index in [9.17, 15) is 19.0 Å².